The van der Waals surface area contributed by atoms with Gasteiger partial charge in [0.1, 0.15) is 5.82 Å². The van der Waals surface area contributed by atoms with E-state index in [2.05, 4.69) is 32.3 Å². The first-order chi connectivity index (χ1) is 8.27. The molecule has 2 N–H and O–H groups in total. The number of hydrogen-bond donors (Lipinski definition) is 2. The van der Waals surface area contributed by atoms with Crippen LogP contribution in [0, 0.1) is 0 Å². The van der Waals surface area contributed by atoms with E-state index in [1.807, 2.05) is 0 Å². The summed E-state index contributed by atoms with van der Waals surface area (Å²) in [7, 11) is 1.31. The summed E-state index contributed by atoms with van der Waals surface area (Å²) in [5, 5.41) is 6.36. The van der Waals surface area contributed by atoms with Gasteiger partial charge >= 0.3 is 5.97 Å². The lowest BCUT2D eigenvalue weighted by Gasteiger charge is -2.06. The number of carbonyl (C=O) groups excluding carboxylic acids is 1. The van der Waals surface area contributed by atoms with Crippen LogP contribution in [0.1, 0.15) is 24.0 Å². The van der Waals surface area contributed by atoms with Crippen LogP contribution in [0.4, 0.5) is 5.82 Å². The molecule has 0 fully saturated rings. The number of nitrogens with zero attached hydrogens (tertiary/aromatic N) is 2. The molecule has 0 radical (unpaired) electrons. The zero-order valence-electron chi connectivity index (χ0n) is 10.2. The van der Waals surface area contributed by atoms with E-state index in [9.17, 15) is 4.79 Å². The topological polar surface area (TPSA) is 76.1 Å². The number of anilines is 1. The first kappa shape index (κ1) is 13.4. The van der Waals surface area contributed by atoms with Crippen LogP contribution in [0.3, 0.4) is 0 Å². The quantitative estimate of drug-likeness (QED) is 0.537. The van der Waals surface area contributed by atoms with Crippen LogP contribution in [-0.4, -0.2) is 42.7 Å². The standard InChI is InChI=1S/C11H18N4O2/c1-3-5-12-7-8-13-9-4-6-14-10(15-9)11(16)17-2/h4,6,12H,3,5,7-8H2,1-2H3,(H,13,14,15). The second kappa shape index (κ2) is 7.56. The summed E-state index contributed by atoms with van der Waals surface area (Å²) in [5.41, 5.74) is 0. The third-order valence-corrected chi connectivity index (χ3v) is 2.06. The highest BCUT2D eigenvalue weighted by Crippen LogP contribution is 2.01. The fourth-order valence-corrected chi connectivity index (χ4v) is 1.23. The van der Waals surface area contributed by atoms with E-state index < -0.39 is 5.97 Å². The highest BCUT2D eigenvalue weighted by molar-refractivity contribution is 5.85. The summed E-state index contributed by atoms with van der Waals surface area (Å²) in [6.45, 7) is 4.72. The molecule has 1 aromatic heterocycles. The molecule has 1 aromatic rings. The van der Waals surface area contributed by atoms with Crippen LogP contribution in [0.15, 0.2) is 12.3 Å². The highest BCUT2D eigenvalue weighted by atomic mass is 16.5. The summed E-state index contributed by atoms with van der Waals surface area (Å²) >= 11 is 0. The Kier molecular flexibility index (Phi) is 5.95. The van der Waals surface area contributed by atoms with Crippen molar-refractivity contribution in [3.63, 3.8) is 0 Å². The highest BCUT2D eigenvalue weighted by Gasteiger charge is 2.08. The van der Waals surface area contributed by atoms with E-state index in [-0.39, 0.29) is 5.82 Å². The molecule has 1 rings (SSSR count). The fraction of sp³-hybridized carbons (Fsp3) is 0.545. The fourth-order valence-electron chi connectivity index (χ4n) is 1.23. The van der Waals surface area contributed by atoms with Crippen molar-refractivity contribution in [2.45, 2.75) is 13.3 Å². The number of esters is 1. The van der Waals surface area contributed by atoms with Gasteiger partial charge < -0.3 is 15.4 Å². The Labute approximate surface area is 101 Å². The second-order valence-corrected chi connectivity index (χ2v) is 3.43. The molecule has 0 atom stereocenters. The minimum absolute atomic E-state index is 0.0685. The lowest BCUT2D eigenvalue weighted by molar-refractivity contribution is 0.0587. The third-order valence-electron chi connectivity index (χ3n) is 2.06. The van der Waals surface area contributed by atoms with E-state index in [4.69, 9.17) is 0 Å². The maximum Gasteiger partial charge on any atom is 0.376 e. The molecule has 0 bridgehead atoms. The summed E-state index contributed by atoms with van der Waals surface area (Å²) in [6, 6.07) is 1.71. The molecule has 0 aliphatic heterocycles. The molecular weight excluding hydrogens is 220 g/mol. The normalized spacial score (nSPS) is 10.0. The van der Waals surface area contributed by atoms with Crippen molar-refractivity contribution in [1.29, 1.82) is 0 Å². The zero-order valence-corrected chi connectivity index (χ0v) is 10.2. The van der Waals surface area contributed by atoms with Gasteiger partial charge in [-0.05, 0) is 19.0 Å². The SMILES string of the molecule is CCCNCCNc1ccnc(C(=O)OC)n1. The van der Waals surface area contributed by atoms with Crippen LogP contribution < -0.4 is 10.6 Å². The molecule has 6 nitrogen and oxygen atoms in total. The molecule has 0 saturated heterocycles. The van der Waals surface area contributed by atoms with Gasteiger partial charge in [0.25, 0.3) is 0 Å². The predicted octanol–water partition coefficient (Wildman–Crippen LogP) is 0.675. The Balaban J connectivity index is 2.40. The molecule has 0 spiro atoms. The molecule has 17 heavy (non-hydrogen) atoms. The Morgan fingerprint density at radius 3 is 2.94 bits per heavy atom. The molecule has 94 valence electrons. The molecule has 6 heteroatoms. The van der Waals surface area contributed by atoms with Crippen molar-refractivity contribution < 1.29 is 9.53 Å². The largest absolute Gasteiger partial charge is 0.463 e. The van der Waals surface area contributed by atoms with Crippen molar-refractivity contribution in [1.82, 2.24) is 15.3 Å². The van der Waals surface area contributed by atoms with Gasteiger partial charge in [-0.15, -0.1) is 0 Å². The Hall–Kier alpha value is -1.69. The van der Waals surface area contributed by atoms with Crippen molar-refractivity contribution in [3.05, 3.63) is 18.1 Å². The average molecular weight is 238 g/mol. The minimum Gasteiger partial charge on any atom is -0.463 e. The predicted molar refractivity (Wildman–Crippen MR) is 65.0 cm³/mol. The number of nitrogens with one attached hydrogen (secondary N) is 2. The van der Waals surface area contributed by atoms with Crippen LogP contribution in [-0.2, 0) is 4.74 Å². The number of rotatable bonds is 7. The number of carbonyl (C=O) groups is 1. The second-order valence-electron chi connectivity index (χ2n) is 3.43. The van der Waals surface area contributed by atoms with Crippen molar-refractivity contribution in [2.24, 2.45) is 0 Å². The van der Waals surface area contributed by atoms with Gasteiger partial charge in [-0.3, -0.25) is 0 Å². The first-order valence-electron chi connectivity index (χ1n) is 5.64. The van der Waals surface area contributed by atoms with Crippen LogP contribution >= 0.6 is 0 Å². The molecule has 0 aromatic carbocycles. The summed E-state index contributed by atoms with van der Waals surface area (Å²) in [4.78, 5) is 19.1. The summed E-state index contributed by atoms with van der Waals surface area (Å²) < 4.78 is 4.54. The molecule has 0 amide bonds. The van der Waals surface area contributed by atoms with Gasteiger partial charge in [0.2, 0.25) is 5.82 Å². The van der Waals surface area contributed by atoms with Crippen LogP contribution in [0.25, 0.3) is 0 Å². The van der Waals surface area contributed by atoms with Gasteiger partial charge in [0.05, 0.1) is 7.11 Å². The van der Waals surface area contributed by atoms with Crippen molar-refractivity contribution in [2.75, 3.05) is 32.1 Å². The lowest BCUT2D eigenvalue weighted by atomic mass is 10.4. The van der Waals surface area contributed by atoms with Crippen molar-refractivity contribution >= 4 is 11.8 Å². The van der Waals surface area contributed by atoms with Gasteiger partial charge in [-0.1, -0.05) is 6.92 Å². The van der Waals surface area contributed by atoms with Crippen LogP contribution in [0.5, 0.6) is 0 Å². The average Bonchev–Trinajstić information content (AvgIpc) is 2.38. The maximum atomic E-state index is 11.2. The van der Waals surface area contributed by atoms with E-state index in [1.54, 1.807) is 6.07 Å². The van der Waals surface area contributed by atoms with Crippen molar-refractivity contribution in [3.8, 4) is 0 Å². The maximum absolute atomic E-state index is 11.2. The third kappa shape index (κ3) is 4.78. The Bertz CT molecular complexity index is 357. The van der Waals surface area contributed by atoms with E-state index in [0.29, 0.717) is 5.82 Å². The smallest absolute Gasteiger partial charge is 0.376 e. The Morgan fingerprint density at radius 1 is 1.41 bits per heavy atom. The minimum atomic E-state index is -0.530. The number of ether oxygens (including phenoxy) is 1. The number of aromatic nitrogens is 2. The first-order valence-corrected chi connectivity index (χ1v) is 5.64. The zero-order chi connectivity index (χ0) is 12.5. The number of methoxy groups -OCH3 is 1. The van der Waals surface area contributed by atoms with E-state index in [0.717, 1.165) is 26.1 Å². The molecule has 0 unspecified atom stereocenters. The molecule has 0 aliphatic carbocycles. The van der Waals surface area contributed by atoms with Gasteiger partial charge in [0, 0.05) is 19.3 Å². The van der Waals surface area contributed by atoms with Gasteiger partial charge in [0.15, 0.2) is 0 Å². The lowest BCUT2D eigenvalue weighted by Crippen LogP contribution is -2.23. The van der Waals surface area contributed by atoms with Crippen LogP contribution in [0.2, 0.25) is 0 Å². The van der Waals surface area contributed by atoms with Gasteiger partial charge in [-0.2, -0.15) is 0 Å². The summed E-state index contributed by atoms with van der Waals surface area (Å²) in [6.07, 6.45) is 2.64. The summed E-state index contributed by atoms with van der Waals surface area (Å²) in [5.74, 6) is 0.162. The Morgan fingerprint density at radius 2 is 2.24 bits per heavy atom. The molecular formula is C11H18N4O2. The monoisotopic (exact) mass is 238 g/mol. The molecule has 1 heterocycles. The van der Waals surface area contributed by atoms with E-state index >= 15 is 0 Å². The molecule has 0 aliphatic rings. The van der Waals surface area contributed by atoms with Gasteiger partial charge in [-0.25, -0.2) is 14.8 Å². The molecule has 0 saturated carbocycles. The number of hydrogen-bond acceptors (Lipinski definition) is 6. The van der Waals surface area contributed by atoms with E-state index in [1.165, 1.54) is 13.3 Å².